The molecule has 1 saturated heterocycles. The molecule has 1 heterocycles. The van der Waals surface area contributed by atoms with Crippen molar-refractivity contribution in [2.45, 2.75) is 6.61 Å². The number of rotatable bonds is 5. The van der Waals surface area contributed by atoms with Gasteiger partial charge in [0.15, 0.2) is 5.17 Å². The monoisotopic (exact) mass is 459 g/mol. The minimum atomic E-state index is -1.22. The molecule has 0 atom stereocenters. The zero-order valence-corrected chi connectivity index (χ0v) is 17.5. The third kappa shape index (κ3) is 4.45. The fraction of sp³-hybridized carbons (Fsp3) is 0.150. The summed E-state index contributed by atoms with van der Waals surface area (Å²) in [6.45, 7) is 0.218. The average Bonchev–Trinajstić information content (AvgIpc) is 2.95. The van der Waals surface area contributed by atoms with E-state index in [2.05, 4.69) is 20.9 Å². The van der Waals surface area contributed by atoms with Crippen molar-refractivity contribution in [3.63, 3.8) is 0 Å². The average molecular weight is 460 g/mol. The van der Waals surface area contributed by atoms with Crippen LogP contribution in [0.3, 0.4) is 0 Å². The van der Waals surface area contributed by atoms with Crippen LogP contribution < -0.4 is 9.84 Å². The molecule has 1 fully saturated rings. The van der Waals surface area contributed by atoms with E-state index in [4.69, 9.17) is 4.74 Å². The van der Waals surface area contributed by atoms with Crippen LogP contribution in [-0.4, -0.2) is 36.0 Å². The standard InChI is InChI=1S/C20H17BrN2O4S/c1-22-20-23(2)18(24)17(28-20)10-12-6-7-16(15(21)9-12)27-11-13-4-3-5-14(8-13)19(25)26/h3-10H,11H2,1-2H3,(H,25,26)/p-1/b17-10+,22-20?. The lowest BCUT2D eigenvalue weighted by molar-refractivity contribution is -0.255. The van der Waals surface area contributed by atoms with Gasteiger partial charge in [-0.25, -0.2) is 0 Å². The van der Waals surface area contributed by atoms with Gasteiger partial charge in [0.2, 0.25) is 0 Å². The number of hydrogen-bond donors (Lipinski definition) is 0. The van der Waals surface area contributed by atoms with Crippen LogP contribution in [0, 0.1) is 0 Å². The quantitative estimate of drug-likeness (QED) is 0.641. The number of ether oxygens (including phenoxy) is 1. The minimum absolute atomic E-state index is 0.0881. The van der Waals surface area contributed by atoms with Gasteiger partial charge in [-0.3, -0.25) is 14.7 Å². The Balaban J connectivity index is 1.73. The van der Waals surface area contributed by atoms with Gasteiger partial charge in [0.1, 0.15) is 12.4 Å². The molecule has 1 aliphatic heterocycles. The van der Waals surface area contributed by atoms with Crippen LogP contribution in [0.2, 0.25) is 0 Å². The molecule has 28 heavy (non-hydrogen) atoms. The van der Waals surface area contributed by atoms with Crippen LogP contribution in [0.25, 0.3) is 6.08 Å². The Kier molecular flexibility index (Phi) is 6.21. The van der Waals surface area contributed by atoms with E-state index in [1.165, 1.54) is 28.8 Å². The number of carboxylic acid groups (broad SMARTS) is 1. The minimum Gasteiger partial charge on any atom is -0.545 e. The maximum atomic E-state index is 12.2. The first-order valence-electron chi connectivity index (χ1n) is 8.26. The Hall–Kier alpha value is -2.58. The zero-order valence-electron chi connectivity index (χ0n) is 15.1. The van der Waals surface area contributed by atoms with Gasteiger partial charge < -0.3 is 14.6 Å². The first-order chi connectivity index (χ1) is 13.4. The van der Waals surface area contributed by atoms with Gasteiger partial charge in [0.25, 0.3) is 5.91 Å². The van der Waals surface area contributed by atoms with Crippen molar-refractivity contribution in [3.05, 3.63) is 68.5 Å². The van der Waals surface area contributed by atoms with Gasteiger partial charge >= 0.3 is 0 Å². The second-order valence-corrected chi connectivity index (χ2v) is 7.81. The highest BCUT2D eigenvalue weighted by atomic mass is 79.9. The summed E-state index contributed by atoms with van der Waals surface area (Å²) >= 11 is 4.81. The molecule has 6 nitrogen and oxygen atoms in total. The smallest absolute Gasteiger partial charge is 0.266 e. The molecule has 8 heteroatoms. The van der Waals surface area contributed by atoms with Crippen LogP contribution in [0.5, 0.6) is 5.75 Å². The summed E-state index contributed by atoms with van der Waals surface area (Å²) in [4.78, 5) is 29.4. The number of halogens is 1. The predicted molar refractivity (Wildman–Crippen MR) is 111 cm³/mol. The number of likely N-dealkylation sites (N-methyl/N-ethyl adjacent to an activating group) is 1. The normalized spacial score (nSPS) is 16.8. The van der Waals surface area contributed by atoms with Gasteiger partial charge in [0.05, 0.1) is 15.3 Å². The van der Waals surface area contributed by atoms with Crippen molar-refractivity contribution in [2.75, 3.05) is 14.1 Å². The number of nitrogens with zero attached hydrogens (tertiary/aromatic N) is 2. The van der Waals surface area contributed by atoms with Crippen molar-refractivity contribution >= 4 is 50.8 Å². The molecule has 0 unspecified atom stereocenters. The molecule has 3 rings (SSSR count). The van der Waals surface area contributed by atoms with Crippen molar-refractivity contribution < 1.29 is 19.4 Å². The molecule has 0 aromatic heterocycles. The highest BCUT2D eigenvalue weighted by Gasteiger charge is 2.29. The highest BCUT2D eigenvalue weighted by molar-refractivity contribution is 9.10. The molecule has 1 aliphatic rings. The van der Waals surface area contributed by atoms with Crippen LogP contribution in [0.15, 0.2) is 56.8 Å². The number of aliphatic imine (C=N–C) groups is 1. The van der Waals surface area contributed by atoms with Crippen molar-refractivity contribution in [1.82, 2.24) is 4.90 Å². The summed E-state index contributed by atoms with van der Waals surface area (Å²) in [6.07, 6.45) is 1.81. The number of benzene rings is 2. The molecule has 0 aliphatic carbocycles. The molecule has 144 valence electrons. The lowest BCUT2D eigenvalue weighted by atomic mass is 10.1. The van der Waals surface area contributed by atoms with Gasteiger partial charge in [-0.2, -0.15) is 0 Å². The number of carboxylic acids is 1. The van der Waals surface area contributed by atoms with E-state index in [0.717, 1.165) is 15.6 Å². The number of hydrogen-bond acceptors (Lipinski definition) is 6. The fourth-order valence-corrected chi connectivity index (χ4v) is 4.01. The fourth-order valence-electron chi connectivity index (χ4n) is 2.57. The van der Waals surface area contributed by atoms with E-state index in [1.807, 2.05) is 12.1 Å². The SMILES string of the molecule is CN=C1S/C(=C/c2ccc(OCc3cccc(C(=O)[O-])c3)c(Br)c2)C(=O)N1C. The Labute approximate surface area is 175 Å². The molecular formula is C20H16BrN2O4S-. The first kappa shape index (κ1) is 20.2. The van der Waals surface area contributed by atoms with E-state index < -0.39 is 5.97 Å². The summed E-state index contributed by atoms with van der Waals surface area (Å²) in [5.74, 6) is -0.698. The topological polar surface area (TPSA) is 82.0 Å². The molecule has 1 amide bonds. The molecule has 0 spiro atoms. The number of carbonyl (C=O) groups is 2. The Morgan fingerprint density at radius 1 is 1.32 bits per heavy atom. The molecule has 2 aromatic carbocycles. The van der Waals surface area contributed by atoms with E-state index >= 15 is 0 Å². The van der Waals surface area contributed by atoms with Crippen LogP contribution >= 0.6 is 27.7 Å². The molecule has 0 saturated carbocycles. The number of carbonyl (C=O) groups excluding carboxylic acids is 2. The number of amides is 1. The lowest BCUT2D eigenvalue weighted by Gasteiger charge is -2.10. The number of thioether (sulfide) groups is 1. The first-order valence-corrected chi connectivity index (χ1v) is 9.87. The molecule has 2 aromatic rings. The lowest BCUT2D eigenvalue weighted by Crippen LogP contribution is -2.23. The van der Waals surface area contributed by atoms with Gasteiger partial charge in [-0.1, -0.05) is 24.3 Å². The highest BCUT2D eigenvalue weighted by Crippen LogP contribution is 2.33. The Morgan fingerprint density at radius 2 is 2.11 bits per heavy atom. The second kappa shape index (κ2) is 8.62. The predicted octanol–water partition coefficient (Wildman–Crippen LogP) is 2.92. The summed E-state index contributed by atoms with van der Waals surface area (Å²) in [7, 11) is 3.35. The second-order valence-electron chi connectivity index (χ2n) is 5.95. The Bertz CT molecular complexity index is 1000. The van der Waals surface area contributed by atoms with Gasteiger partial charge in [0, 0.05) is 14.1 Å². The third-order valence-corrected chi connectivity index (χ3v) is 5.78. The number of amidine groups is 1. The summed E-state index contributed by atoms with van der Waals surface area (Å²) in [5, 5.41) is 11.6. The summed E-state index contributed by atoms with van der Waals surface area (Å²) < 4.78 is 6.50. The maximum absolute atomic E-state index is 12.2. The largest absolute Gasteiger partial charge is 0.545 e. The van der Waals surface area contributed by atoms with Gasteiger partial charge in [-0.15, -0.1) is 0 Å². The van der Waals surface area contributed by atoms with Crippen LogP contribution in [0.4, 0.5) is 0 Å². The Morgan fingerprint density at radius 3 is 2.75 bits per heavy atom. The molecule has 0 bridgehead atoms. The van der Waals surface area contributed by atoms with E-state index in [0.29, 0.717) is 15.8 Å². The van der Waals surface area contributed by atoms with E-state index in [-0.39, 0.29) is 18.1 Å². The van der Waals surface area contributed by atoms with Gasteiger partial charge in [-0.05, 0) is 68.7 Å². The third-order valence-electron chi connectivity index (χ3n) is 4.01. The molecular weight excluding hydrogens is 444 g/mol. The van der Waals surface area contributed by atoms with Crippen LogP contribution in [-0.2, 0) is 11.4 Å². The van der Waals surface area contributed by atoms with E-state index in [9.17, 15) is 14.7 Å². The summed E-state index contributed by atoms with van der Waals surface area (Å²) in [5.41, 5.74) is 1.68. The summed E-state index contributed by atoms with van der Waals surface area (Å²) in [6, 6.07) is 11.9. The van der Waals surface area contributed by atoms with Crippen molar-refractivity contribution in [3.8, 4) is 5.75 Å². The maximum Gasteiger partial charge on any atom is 0.266 e. The van der Waals surface area contributed by atoms with Crippen molar-refractivity contribution in [2.24, 2.45) is 4.99 Å². The van der Waals surface area contributed by atoms with Crippen molar-refractivity contribution in [1.29, 1.82) is 0 Å². The zero-order chi connectivity index (χ0) is 20.3. The number of aromatic carboxylic acids is 1. The molecule has 0 N–H and O–H groups in total. The van der Waals surface area contributed by atoms with Crippen LogP contribution in [0.1, 0.15) is 21.5 Å². The van der Waals surface area contributed by atoms with E-state index in [1.54, 1.807) is 38.4 Å². The molecule has 0 radical (unpaired) electrons.